The van der Waals surface area contributed by atoms with Gasteiger partial charge in [0.05, 0.1) is 19.2 Å². The highest BCUT2D eigenvalue weighted by atomic mass is 79.9. The number of aromatic hydroxyl groups is 1. The number of rotatable bonds is 3. The van der Waals surface area contributed by atoms with Gasteiger partial charge in [-0.15, -0.1) is 0 Å². The van der Waals surface area contributed by atoms with Crippen LogP contribution in [0.5, 0.6) is 11.5 Å². The molecule has 0 spiro atoms. The first kappa shape index (κ1) is 11.9. The van der Waals surface area contributed by atoms with E-state index in [1.165, 1.54) is 7.11 Å². The molecule has 0 aliphatic carbocycles. The van der Waals surface area contributed by atoms with Crippen molar-refractivity contribution in [3.05, 3.63) is 21.9 Å². The van der Waals surface area contributed by atoms with Crippen LogP contribution < -0.4 is 10.5 Å². The van der Waals surface area contributed by atoms with Crippen LogP contribution in [0.1, 0.15) is 10.4 Å². The summed E-state index contributed by atoms with van der Waals surface area (Å²) in [5, 5.41) is 9.57. The number of ether oxygens (including phenoxy) is 1. The molecule has 4 nitrogen and oxygen atoms in total. The molecule has 0 saturated heterocycles. The summed E-state index contributed by atoms with van der Waals surface area (Å²) in [5.74, 6) is -1.81. The second-order valence-corrected chi connectivity index (χ2v) is 3.52. The fourth-order valence-corrected chi connectivity index (χ4v) is 1.67. The lowest BCUT2D eigenvalue weighted by Gasteiger charge is -2.09. The first-order valence-electron chi connectivity index (χ1n) is 4.01. The van der Waals surface area contributed by atoms with E-state index in [4.69, 9.17) is 10.5 Å². The fraction of sp³-hybridized carbons (Fsp3) is 0.222. The summed E-state index contributed by atoms with van der Waals surface area (Å²) in [6, 6.07) is 0.897. The Balaban J connectivity index is 3.40. The molecule has 0 radical (unpaired) electrons. The molecule has 0 aromatic heterocycles. The van der Waals surface area contributed by atoms with Crippen LogP contribution in [-0.2, 0) is 0 Å². The molecule has 0 heterocycles. The van der Waals surface area contributed by atoms with Gasteiger partial charge >= 0.3 is 0 Å². The van der Waals surface area contributed by atoms with Crippen LogP contribution in [0, 0.1) is 5.82 Å². The summed E-state index contributed by atoms with van der Waals surface area (Å²) in [6.07, 6.45) is 0. The molecule has 0 amide bonds. The van der Waals surface area contributed by atoms with Crippen LogP contribution in [0.3, 0.4) is 0 Å². The molecule has 0 saturated carbocycles. The van der Waals surface area contributed by atoms with Gasteiger partial charge in [0.25, 0.3) is 0 Å². The molecule has 1 aromatic carbocycles. The zero-order valence-corrected chi connectivity index (χ0v) is 9.47. The highest BCUT2D eigenvalue weighted by molar-refractivity contribution is 9.10. The molecule has 0 fully saturated rings. The maximum atomic E-state index is 13.3. The predicted octanol–water partition coefficient (Wildman–Crippen LogP) is 1.44. The first-order valence-corrected chi connectivity index (χ1v) is 4.80. The van der Waals surface area contributed by atoms with E-state index in [9.17, 15) is 14.3 Å². The van der Waals surface area contributed by atoms with Crippen molar-refractivity contribution in [1.29, 1.82) is 0 Å². The molecule has 15 heavy (non-hydrogen) atoms. The molecule has 0 aliphatic rings. The minimum atomic E-state index is -0.737. The number of hydrogen-bond donors (Lipinski definition) is 2. The van der Waals surface area contributed by atoms with Crippen LogP contribution in [0.2, 0.25) is 0 Å². The predicted molar refractivity (Wildman–Crippen MR) is 55.7 cm³/mol. The Hall–Kier alpha value is -1.14. The van der Waals surface area contributed by atoms with E-state index >= 15 is 0 Å². The minimum Gasteiger partial charge on any atom is -0.506 e. The number of nitrogens with two attached hydrogens (primary N) is 1. The third kappa shape index (κ3) is 2.10. The standard InChI is InChI=1S/C9H9BrFNO3/c1-15-9-5(11)2-4(6(13)3-12)8(14)7(9)10/h2,14H,3,12H2,1H3. The number of methoxy groups -OCH3 is 1. The van der Waals surface area contributed by atoms with Crippen molar-refractivity contribution in [2.75, 3.05) is 13.7 Å². The molecular weight excluding hydrogens is 269 g/mol. The molecule has 1 rings (SSSR count). The van der Waals surface area contributed by atoms with E-state index in [1.54, 1.807) is 0 Å². The number of Topliss-reactive ketones (excluding diaryl/α,β-unsaturated/α-hetero) is 1. The monoisotopic (exact) mass is 277 g/mol. The van der Waals surface area contributed by atoms with Gasteiger partial charge in [-0.3, -0.25) is 4.79 Å². The van der Waals surface area contributed by atoms with Crippen molar-refractivity contribution in [2.24, 2.45) is 5.73 Å². The van der Waals surface area contributed by atoms with Gasteiger partial charge in [0.2, 0.25) is 0 Å². The van der Waals surface area contributed by atoms with Crippen molar-refractivity contribution in [3.63, 3.8) is 0 Å². The topological polar surface area (TPSA) is 72.5 Å². The van der Waals surface area contributed by atoms with Crippen LogP contribution in [0.25, 0.3) is 0 Å². The van der Waals surface area contributed by atoms with Crippen molar-refractivity contribution in [3.8, 4) is 11.5 Å². The molecule has 82 valence electrons. The summed E-state index contributed by atoms with van der Waals surface area (Å²) >= 11 is 2.93. The zero-order chi connectivity index (χ0) is 11.6. The Kier molecular flexibility index (Phi) is 3.65. The Bertz CT molecular complexity index is 409. The highest BCUT2D eigenvalue weighted by Gasteiger charge is 2.20. The normalized spacial score (nSPS) is 10.1. The number of benzene rings is 1. The van der Waals surface area contributed by atoms with Crippen molar-refractivity contribution in [1.82, 2.24) is 0 Å². The zero-order valence-electron chi connectivity index (χ0n) is 7.88. The molecule has 0 atom stereocenters. The number of halogens is 2. The number of carbonyl (C=O) groups is 1. The summed E-state index contributed by atoms with van der Waals surface area (Å²) in [7, 11) is 1.26. The van der Waals surface area contributed by atoms with Crippen molar-refractivity contribution >= 4 is 21.7 Å². The molecule has 0 unspecified atom stereocenters. The van der Waals surface area contributed by atoms with E-state index in [1.807, 2.05) is 0 Å². The maximum absolute atomic E-state index is 13.3. The lowest BCUT2D eigenvalue weighted by molar-refractivity contribution is 0.0998. The fourth-order valence-electron chi connectivity index (χ4n) is 1.10. The average Bonchev–Trinajstić information content (AvgIpc) is 2.23. The van der Waals surface area contributed by atoms with Gasteiger partial charge in [0.15, 0.2) is 17.3 Å². The third-order valence-electron chi connectivity index (χ3n) is 1.84. The van der Waals surface area contributed by atoms with Gasteiger partial charge in [0.1, 0.15) is 10.2 Å². The van der Waals surface area contributed by atoms with Gasteiger partial charge in [-0.2, -0.15) is 0 Å². The molecule has 0 bridgehead atoms. The lowest BCUT2D eigenvalue weighted by Crippen LogP contribution is -2.14. The van der Waals surface area contributed by atoms with Gasteiger partial charge in [-0.05, 0) is 22.0 Å². The third-order valence-corrected chi connectivity index (χ3v) is 2.58. The van der Waals surface area contributed by atoms with Gasteiger partial charge < -0.3 is 15.6 Å². The van der Waals surface area contributed by atoms with Gasteiger partial charge in [0, 0.05) is 0 Å². The number of phenolic OH excluding ortho intramolecular Hbond substituents is 1. The lowest BCUT2D eigenvalue weighted by atomic mass is 10.1. The van der Waals surface area contributed by atoms with Crippen molar-refractivity contribution < 1.29 is 19.0 Å². The Morgan fingerprint density at radius 1 is 1.73 bits per heavy atom. The van der Waals surface area contributed by atoms with Crippen LogP contribution in [0.4, 0.5) is 4.39 Å². The molecule has 1 aromatic rings. The first-order chi connectivity index (χ1) is 7.02. The number of phenols is 1. The summed E-state index contributed by atoms with van der Waals surface area (Å²) in [5.41, 5.74) is 4.95. The molecule has 6 heteroatoms. The Morgan fingerprint density at radius 2 is 2.33 bits per heavy atom. The van der Waals surface area contributed by atoms with Gasteiger partial charge in [-0.25, -0.2) is 4.39 Å². The summed E-state index contributed by atoms with van der Waals surface area (Å²) in [4.78, 5) is 11.2. The van der Waals surface area contributed by atoms with Gasteiger partial charge in [-0.1, -0.05) is 0 Å². The van der Waals surface area contributed by atoms with E-state index in [-0.39, 0.29) is 28.1 Å². The van der Waals surface area contributed by atoms with E-state index in [2.05, 4.69) is 15.9 Å². The van der Waals surface area contributed by atoms with E-state index in [0.29, 0.717) is 0 Å². The number of ketones is 1. The quantitative estimate of drug-likeness (QED) is 0.821. The molecule has 3 N–H and O–H groups in total. The number of hydrogen-bond acceptors (Lipinski definition) is 4. The van der Waals surface area contributed by atoms with Crippen molar-refractivity contribution in [2.45, 2.75) is 0 Å². The minimum absolute atomic E-state index is 0.00167. The summed E-state index contributed by atoms with van der Waals surface area (Å²) in [6.45, 7) is -0.300. The average molecular weight is 278 g/mol. The largest absolute Gasteiger partial charge is 0.506 e. The van der Waals surface area contributed by atoms with Crippen LogP contribution in [-0.4, -0.2) is 24.5 Å². The Morgan fingerprint density at radius 3 is 2.80 bits per heavy atom. The highest BCUT2D eigenvalue weighted by Crippen LogP contribution is 2.38. The summed E-state index contributed by atoms with van der Waals surface area (Å²) < 4.78 is 18.0. The number of carbonyl (C=O) groups excluding carboxylic acids is 1. The maximum Gasteiger partial charge on any atom is 0.180 e. The van der Waals surface area contributed by atoms with E-state index < -0.39 is 11.6 Å². The van der Waals surface area contributed by atoms with E-state index in [0.717, 1.165) is 6.07 Å². The SMILES string of the molecule is COc1c(F)cc(C(=O)CN)c(O)c1Br. The van der Waals surface area contributed by atoms with Crippen LogP contribution in [0.15, 0.2) is 10.5 Å². The smallest absolute Gasteiger partial charge is 0.180 e. The molecule has 0 aliphatic heterocycles. The molecular formula is C9H9BrFNO3. The second-order valence-electron chi connectivity index (χ2n) is 2.73. The Labute approximate surface area is 94.0 Å². The second kappa shape index (κ2) is 4.59. The van der Waals surface area contributed by atoms with Crippen LogP contribution >= 0.6 is 15.9 Å².